The lowest BCUT2D eigenvalue weighted by molar-refractivity contribution is -0.157. The largest absolute Gasteiger partial charge is 0.481 e. The van der Waals surface area contributed by atoms with Crippen molar-refractivity contribution in [3.8, 4) is 11.6 Å². The number of hydrogen-bond acceptors (Lipinski definition) is 4. The molecule has 0 atom stereocenters. The van der Waals surface area contributed by atoms with Crippen LogP contribution in [0.5, 0.6) is 11.6 Å². The SMILES string of the molecule is O=C(CC1(C(=O)O)CCC1)NCc1ccc(Oc2cccc(F)c2)nc1. The van der Waals surface area contributed by atoms with E-state index in [2.05, 4.69) is 10.3 Å². The first kappa shape index (κ1) is 17.8. The van der Waals surface area contributed by atoms with Gasteiger partial charge in [0.25, 0.3) is 0 Å². The van der Waals surface area contributed by atoms with E-state index in [4.69, 9.17) is 4.74 Å². The van der Waals surface area contributed by atoms with E-state index in [9.17, 15) is 19.1 Å². The van der Waals surface area contributed by atoms with E-state index < -0.39 is 17.2 Å². The van der Waals surface area contributed by atoms with Crippen LogP contribution in [0.4, 0.5) is 4.39 Å². The second kappa shape index (κ2) is 7.51. The molecule has 2 N–H and O–H groups in total. The predicted molar refractivity (Wildman–Crippen MR) is 91.1 cm³/mol. The van der Waals surface area contributed by atoms with Crippen LogP contribution in [0.1, 0.15) is 31.2 Å². The van der Waals surface area contributed by atoms with Gasteiger partial charge in [-0.2, -0.15) is 0 Å². The lowest BCUT2D eigenvalue weighted by Gasteiger charge is -2.36. The molecule has 26 heavy (non-hydrogen) atoms. The van der Waals surface area contributed by atoms with E-state index in [0.717, 1.165) is 12.0 Å². The Morgan fingerprint density at radius 1 is 1.27 bits per heavy atom. The first-order valence-electron chi connectivity index (χ1n) is 8.35. The first-order valence-corrected chi connectivity index (χ1v) is 8.35. The highest BCUT2D eigenvalue weighted by Gasteiger charge is 2.45. The van der Waals surface area contributed by atoms with Crippen molar-refractivity contribution < 1.29 is 23.8 Å². The molecule has 0 bridgehead atoms. The molecule has 0 spiro atoms. The molecule has 1 aliphatic rings. The van der Waals surface area contributed by atoms with Gasteiger partial charge in [-0.15, -0.1) is 0 Å². The van der Waals surface area contributed by atoms with E-state index in [0.29, 0.717) is 24.5 Å². The molecule has 1 aromatic carbocycles. The van der Waals surface area contributed by atoms with E-state index in [1.54, 1.807) is 30.5 Å². The normalized spacial score (nSPS) is 15.0. The number of carbonyl (C=O) groups is 2. The Bertz CT molecular complexity index is 803. The zero-order chi connectivity index (χ0) is 18.6. The Kier molecular flexibility index (Phi) is 5.16. The topological polar surface area (TPSA) is 88.5 Å². The molecule has 1 aliphatic carbocycles. The highest BCUT2D eigenvalue weighted by Crippen LogP contribution is 2.44. The minimum absolute atomic E-state index is 0.00344. The standard InChI is InChI=1S/C19H19FN2O4/c20-14-3-1-4-15(9-14)26-17-6-5-13(12-22-17)11-21-16(23)10-19(18(24)25)7-2-8-19/h1,3-6,9,12H,2,7-8,10-11H2,(H,21,23)(H,24,25). The molecule has 0 radical (unpaired) electrons. The van der Waals surface area contributed by atoms with Gasteiger partial charge < -0.3 is 15.2 Å². The summed E-state index contributed by atoms with van der Waals surface area (Å²) in [5, 5.41) is 12.0. The fraction of sp³-hybridized carbons (Fsp3) is 0.316. The number of carboxylic acid groups (broad SMARTS) is 1. The van der Waals surface area contributed by atoms with Crippen molar-refractivity contribution in [2.45, 2.75) is 32.2 Å². The maximum Gasteiger partial charge on any atom is 0.310 e. The number of amides is 1. The minimum atomic E-state index is -0.903. The van der Waals surface area contributed by atoms with Gasteiger partial charge in [0, 0.05) is 31.3 Å². The highest BCUT2D eigenvalue weighted by atomic mass is 19.1. The fourth-order valence-corrected chi connectivity index (χ4v) is 2.87. The van der Waals surface area contributed by atoms with Crippen LogP contribution in [0.3, 0.4) is 0 Å². The summed E-state index contributed by atoms with van der Waals surface area (Å²) in [7, 11) is 0. The molecule has 1 heterocycles. The highest BCUT2D eigenvalue weighted by molar-refractivity contribution is 5.85. The van der Waals surface area contributed by atoms with Crippen molar-refractivity contribution in [3.63, 3.8) is 0 Å². The molecule has 1 fully saturated rings. The molecule has 6 nitrogen and oxygen atoms in total. The van der Waals surface area contributed by atoms with Crippen LogP contribution >= 0.6 is 0 Å². The van der Waals surface area contributed by atoms with Crippen molar-refractivity contribution in [3.05, 3.63) is 54.0 Å². The third kappa shape index (κ3) is 4.17. The number of ether oxygens (including phenoxy) is 1. The number of aromatic nitrogens is 1. The van der Waals surface area contributed by atoms with Crippen LogP contribution in [0.15, 0.2) is 42.6 Å². The monoisotopic (exact) mass is 358 g/mol. The van der Waals surface area contributed by atoms with Gasteiger partial charge in [-0.1, -0.05) is 18.6 Å². The molecule has 1 aromatic heterocycles. The maximum absolute atomic E-state index is 13.1. The van der Waals surface area contributed by atoms with Crippen LogP contribution in [0.25, 0.3) is 0 Å². The van der Waals surface area contributed by atoms with Gasteiger partial charge in [0.15, 0.2) is 0 Å². The van der Waals surface area contributed by atoms with Crippen LogP contribution in [0.2, 0.25) is 0 Å². The van der Waals surface area contributed by atoms with Crippen LogP contribution in [0, 0.1) is 11.2 Å². The van der Waals surface area contributed by atoms with Gasteiger partial charge in [-0.3, -0.25) is 9.59 Å². The molecule has 136 valence electrons. The molecule has 3 rings (SSSR count). The number of nitrogens with one attached hydrogen (secondary N) is 1. The summed E-state index contributed by atoms with van der Waals surface area (Å²) in [5.41, 5.74) is -0.145. The summed E-state index contributed by atoms with van der Waals surface area (Å²) >= 11 is 0. The number of rotatable bonds is 7. The van der Waals surface area contributed by atoms with Gasteiger partial charge in [0.2, 0.25) is 11.8 Å². The quantitative estimate of drug-likeness (QED) is 0.793. The van der Waals surface area contributed by atoms with E-state index in [-0.39, 0.29) is 18.9 Å². The van der Waals surface area contributed by atoms with Crippen molar-refractivity contribution in [2.75, 3.05) is 0 Å². The number of hydrogen-bond donors (Lipinski definition) is 2. The predicted octanol–water partition coefficient (Wildman–Crippen LogP) is 3.27. The number of halogens is 1. The molecule has 1 amide bonds. The smallest absolute Gasteiger partial charge is 0.310 e. The van der Waals surface area contributed by atoms with Crippen molar-refractivity contribution in [1.29, 1.82) is 0 Å². The van der Waals surface area contributed by atoms with E-state index >= 15 is 0 Å². The van der Waals surface area contributed by atoms with Gasteiger partial charge in [0.1, 0.15) is 11.6 Å². The van der Waals surface area contributed by atoms with Gasteiger partial charge in [-0.25, -0.2) is 9.37 Å². The second-order valence-corrected chi connectivity index (χ2v) is 6.46. The molecule has 7 heteroatoms. The molecule has 2 aromatic rings. The summed E-state index contributed by atoms with van der Waals surface area (Å²) < 4.78 is 18.6. The van der Waals surface area contributed by atoms with Crippen LogP contribution < -0.4 is 10.1 Å². The Balaban J connectivity index is 1.51. The third-order valence-corrected chi connectivity index (χ3v) is 4.57. The number of nitrogens with zero attached hydrogens (tertiary/aromatic N) is 1. The Morgan fingerprint density at radius 3 is 2.65 bits per heavy atom. The summed E-state index contributed by atoms with van der Waals surface area (Å²) in [5.74, 6) is -0.929. The number of carboxylic acids is 1. The molecular weight excluding hydrogens is 339 g/mol. The zero-order valence-electron chi connectivity index (χ0n) is 14.1. The average molecular weight is 358 g/mol. The molecule has 0 aliphatic heterocycles. The van der Waals surface area contributed by atoms with Gasteiger partial charge in [-0.05, 0) is 30.5 Å². The number of benzene rings is 1. The summed E-state index contributed by atoms with van der Waals surface area (Å²) in [6, 6.07) is 9.10. The molecule has 0 unspecified atom stereocenters. The minimum Gasteiger partial charge on any atom is -0.481 e. The molecular formula is C19H19FN2O4. The first-order chi connectivity index (χ1) is 12.5. The van der Waals surface area contributed by atoms with E-state index in [1.807, 2.05) is 0 Å². The van der Waals surface area contributed by atoms with E-state index in [1.165, 1.54) is 12.1 Å². The zero-order valence-corrected chi connectivity index (χ0v) is 14.1. The van der Waals surface area contributed by atoms with Gasteiger partial charge in [0.05, 0.1) is 5.41 Å². The Morgan fingerprint density at radius 2 is 2.08 bits per heavy atom. The van der Waals surface area contributed by atoms with Crippen molar-refractivity contribution >= 4 is 11.9 Å². The van der Waals surface area contributed by atoms with Gasteiger partial charge >= 0.3 is 5.97 Å². The lowest BCUT2D eigenvalue weighted by atomic mass is 9.66. The number of aliphatic carboxylic acids is 1. The summed E-state index contributed by atoms with van der Waals surface area (Å²) in [6.07, 6.45) is 3.48. The molecule has 0 saturated heterocycles. The lowest BCUT2D eigenvalue weighted by Crippen LogP contribution is -2.42. The third-order valence-electron chi connectivity index (χ3n) is 4.57. The Labute approximate surface area is 150 Å². The summed E-state index contributed by atoms with van der Waals surface area (Å²) in [4.78, 5) is 27.4. The molecule has 1 saturated carbocycles. The van der Waals surface area contributed by atoms with Crippen molar-refractivity contribution in [2.24, 2.45) is 5.41 Å². The number of carbonyl (C=O) groups excluding carboxylic acids is 1. The average Bonchev–Trinajstić information content (AvgIpc) is 2.57. The number of pyridine rings is 1. The van der Waals surface area contributed by atoms with Crippen LogP contribution in [-0.4, -0.2) is 22.0 Å². The fourth-order valence-electron chi connectivity index (χ4n) is 2.87. The maximum atomic E-state index is 13.1. The van der Waals surface area contributed by atoms with Crippen LogP contribution in [-0.2, 0) is 16.1 Å². The second-order valence-electron chi connectivity index (χ2n) is 6.46. The van der Waals surface area contributed by atoms with Crippen molar-refractivity contribution in [1.82, 2.24) is 10.3 Å². The Hall–Kier alpha value is -2.96. The summed E-state index contributed by atoms with van der Waals surface area (Å²) in [6.45, 7) is 0.252.